The van der Waals surface area contributed by atoms with Crippen molar-refractivity contribution in [2.75, 3.05) is 46.7 Å². The Hall–Kier alpha value is -3.00. The molecule has 3 amide bonds. The summed E-state index contributed by atoms with van der Waals surface area (Å²) in [5, 5.41) is 5.62. The number of aryl methyl sites for hydroxylation is 1. The Balaban J connectivity index is 2.00. The second-order valence-corrected chi connectivity index (χ2v) is 6.91. The number of amides is 3. The summed E-state index contributed by atoms with van der Waals surface area (Å²) < 4.78 is 11.1. The summed E-state index contributed by atoms with van der Waals surface area (Å²) in [6.45, 7) is 2.18. The first kappa shape index (κ1) is 21.3. The minimum Gasteiger partial charge on any atom is -0.482 e. The fourth-order valence-electron chi connectivity index (χ4n) is 2.50. The van der Waals surface area contributed by atoms with Crippen molar-refractivity contribution >= 4 is 17.6 Å². The molecule has 0 bridgehead atoms. The van der Waals surface area contributed by atoms with Crippen LogP contribution in [0.5, 0.6) is 5.75 Å². The van der Waals surface area contributed by atoms with E-state index in [9.17, 15) is 9.59 Å². The van der Waals surface area contributed by atoms with Crippen LogP contribution in [-0.4, -0.2) is 63.1 Å². The van der Waals surface area contributed by atoms with Gasteiger partial charge in [-0.3, -0.25) is 9.69 Å². The third kappa shape index (κ3) is 6.02. The lowest BCUT2D eigenvalue weighted by atomic mass is 10.2. The fraction of sp³-hybridized carbons (Fsp3) is 0.400. The van der Waals surface area contributed by atoms with Gasteiger partial charge in [0.05, 0.1) is 18.0 Å². The van der Waals surface area contributed by atoms with Crippen molar-refractivity contribution < 1.29 is 18.7 Å². The molecular formula is C20H28N4O4. The van der Waals surface area contributed by atoms with E-state index in [2.05, 4.69) is 10.6 Å². The van der Waals surface area contributed by atoms with E-state index < -0.39 is 0 Å². The first-order chi connectivity index (χ1) is 13.3. The van der Waals surface area contributed by atoms with Gasteiger partial charge in [-0.25, -0.2) is 4.79 Å². The lowest BCUT2D eigenvalue weighted by molar-refractivity contribution is -0.130. The minimum atomic E-state index is -0.369. The summed E-state index contributed by atoms with van der Waals surface area (Å²) in [5.41, 5.74) is 1.46. The van der Waals surface area contributed by atoms with Crippen LogP contribution in [0.3, 0.4) is 0 Å². The zero-order chi connectivity index (χ0) is 20.7. The second-order valence-electron chi connectivity index (χ2n) is 6.91. The van der Waals surface area contributed by atoms with Crippen LogP contribution in [-0.2, 0) is 4.79 Å². The van der Waals surface area contributed by atoms with Crippen molar-refractivity contribution in [1.82, 2.24) is 15.1 Å². The first-order valence-corrected chi connectivity index (χ1v) is 8.96. The molecule has 0 aliphatic rings. The molecule has 8 nitrogen and oxygen atoms in total. The van der Waals surface area contributed by atoms with Gasteiger partial charge in [0.1, 0.15) is 11.5 Å². The number of rotatable bonds is 8. The molecule has 1 aromatic heterocycles. The van der Waals surface area contributed by atoms with Gasteiger partial charge >= 0.3 is 6.03 Å². The lowest BCUT2D eigenvalue weighted by Gasteiger charge is -2.23. The van der Waals surface area contributed by atoms with Crippen molar-refractivity contribution in [2.45, 2.75) is 13.0 Å². The van der Waals surface area contributed by atoms with Crippen molar-refractivity contribution in [3.05, 3.63) is 47.9 Å². The Morgan fingerprint density at radius 1 is 1.18 bits per heavy atom. The number of urea groups is 1. The first-order valence-electron chi connectivity index (χ1n) is 8.96. The molecule has 0 fully saturated rings. The Labute approximate surface area is 165 Å². The van der Waals surface area contributed by atoms with Crippen LogP contribution in [0.2, 0.25) is 0 Å². The molecule has 152 valence electrons. The number of carbonyl (C=O) groups is 2. The SMILES string of the molecule is Cc1ccc(NC(=O)NCC(c2ccco2)N(C)C)c(OCC(=O)N(C)C)c1. The zero-order valence-electron chi connectivity index (χ0n) is 17.0. The van der Waals surface area contributed by atoms with Crippen molar-refractivity contribution in [2.24, 2.45) is 0 Å². The molecule has 1 aromatic carbocycles. The van der Waals surface area contributed by atoms with Crippen molar-refractivity contribution in [3.63, 3.8) is 0 Å². The van der Waals surface area contributed by atoms with Gasteiger partial charge in [-0.05, 0) is 50.8 Å². The molecule has 2 rings (SSSR count). The molecular weight excluding hydrogens is 360 g/mol. The Kier molecular flexibility index (Phi) is 7.45. The van der Waals surface area contributed by atoms with E-state index in [1.54, 1.807) is 32.5 Å². The van der Waals surface area contributed by atoms with Gasteiger partial charge in [0.15, 0.2) is 6.61 Å². The normalized spacial score (nSPS) is 11.8. The number of anilines is 1. The second kappa shape index (κ2) is 9.80. The van der Waals surface area contributed by atoms with Crippen LogP contribution in [0.1, 0.15) is 17.4 Å². The Morgan fingerprint density at radius 3 is 2.54 bits per heavy atom. The minimum absolute atomic E-state index is 0.0906. The number of nitrogens with one attached hydrogen (secondary N) is 2. The largest absolute Gasteiger partial charge is 0.482 e. The number of nitrogens with zero attached hydrogens (tertiary/aromatic N) is 2. The van der Waals surface area contributed by atoms with Crippen LogP contribution >= 0.6 is 0 Å². The van der Waals surface area contributed by atoms with Gasteiger partial charge in [0.2, 0.25) is 0 Å². The summed E-state index contributed by atoms with van der Waals surface area (Å²) in [6, 6.07) is 8.62. The summed E-state index contributed by atoms with van der Waals surface area (Å²) in [5.74, 6) is 1.05. The van der Waals surface area contributed by atoms with Crippen molar-refractivity contribution in [3.8, 4) is 5.75 Å². The lowest BCUT2D eigenvalue weighted by Crippen LogP contribution is -2.36. The average Bonchev–Trinajstić information content (AvgIpc) is 3.15. The predicted octanol–water partition coefficient (Wildman–Crippen LogP) is 2.48. The molecule has 0 aliphatic heterocycles. The van der Waals surface area contributed by atoms with Gasteiger partial charge < -0.3 is 24.7 Å². The van der Waals surface area contributed by atoms with E-state index in [-0.39, 0.29) is 24.6 Å². The smallest absolute Gasteiger partial charge is 0.319 e. The maximum absolute atomic E-state index is 12.4. The predicted molar refractivity (Wildman–Crippen MR) is 108 cm³/mol. The summed E-state index contributed by atoms with van der Waals surface area (Å²) in [6.07, 6.45) is 1.61. The molecule has 8 heteroatoms. The van der Waals surface area contributed by atoms with Gasteiger partial charge in [-0.2, -0.15) is 0 Å². The number of ether oxygens (including phenoxy) is 1. The number of furan rings is 1. The highest BCUT2D eigenvalue weighted by molar-refractivity contribution is 5.91. The third-order valence-corrected chi connectivity index (χ3v) is 4.19. The molecule has 0 spiro atoms. The maximum atomic E-state index is 12.4. The molecule has 28 heavy (non-hydrogen) atoms. The van der Waals surface area contributed by atoms with Gasteiger partial charge in [-0.15, -0.1) is 0 Å². The summed E-state index contributed by atoms with van der Waals surface area (Å²) >= 11 is 0. The molecule has 1 heterocycles. The highest BCUT2D eigenvalue weighted by atomic mass is 16.5. The van der Waals surface area contributed by atoms with Crippen LogP contribution in [0.25, 0.3) is 0 Å². The fourth-order valence-corrected chi connectivity index (χ4v) is 2.50. The van der Waals surface area contributed by atoms with E-state index >= 15 is 0 Å². The highest BCUT2D eigenvalue weighted by Gasteiger charge is 2.18. The number of carbonyl (C=O) groups excluding carboxylic acids is 2. The van der Waals surface area contributed by atoms with E-state index in [1.165, 1.54) is 4.90 Å². The van der Waals surface area contributed by atoms with E-state index in [0.717, 1.165) is 11.3 Å². The van der Waals surface area contributed by atoms with Crippen LogP contribution in [0.15, 0.2) is 41.0 Å². The molecule has 1 unspecified atom stereocenters. The Morgan fingerprint density at radius 2 is 1.93 bits per heavy atom. The van der Waals surface area contributed by atoms with Crippen LogP contribution in [0.4, 0.5) is 10.5 Å². The van der Waals surface area contributed by atoms with Crippen LogP contribution < -0.4 is 15.4 Å². The van der Waals surface area contributed by atoms with Crippen LogP contribution in [0, 0.1) is 6.92 Å². The van der Waals surface area contributed by atoms with E-state index in [0.29, 0.717) is 18.0 Å². The molecule has 0 radical (unpaired) electrons. The molecule has 0 saturated carbocycles. The zero-order valence-corrected chi connectivity index (χ0v) is 17.0. The van der Waals surface area contributed by atoms with Gasteiger partial charge in [0, 0.05) is 20.6 Å². The third-order valence-electron chi connectivity index (χ3n) is 4.19. The maximum Gasteiger partial charge on any atom is 0.319 e. The summed E-state index contributed by atoms with van der Waals surface area (Å²) in [4.78, 5) is 27.6. The van der Waals surface area contributed by atoms with Gasteiger partial charge in [0.25, 0.3) is 5.91 Å². The summed E-state index contributed by atoms with van der Waals surface area (Å²) in [7, 11) is 7.16. The average molecular weight is 388 g/mol. The molecule has 0 saturated heterocycles. The standard InChI is InChI=1S/C20H28N4O4/c1-14-8-9-15(18(11-14)28-13-19(25)24(4)5)22-20(26)21-12-16(23(2)3)17-7-6-10-27-17/h6-11,16H,12-13H2,1-5H3,(H2,21,22,26). The van der Waals surface area contributed by atoms with Crippen molar-refractivity contribution in [1.29, 1.82) is 0 Å². The number of benzene rings is 1. The number of hydrogen-bond donors (Lipinski definition) is 2. The number of hydrogen-bond acceptors (Lipinski definition) is 5. The molecule has 2 N–H and O–H groups in total. The van der Waals surface area contributed by atoms with Gasteiger partial charge in [-0.1, -0.05) is 6.07 Å². The topological polar surface area (TPSA) is 87.0 Å². The monoisotopic (exact) mass is 388 g/mol. The molecule has 1 atom stereocenters. The number of likely N-dealkylation sites (N-methyl/N-ethyl adjacent to an activating group) is 2. The van der Waals surface area contributed by atoms with E-state index in [4.69, 9.17) is 9.15 Å². The quantitative estimate of drug-likeness (QED) is 0.725. The molecule has 0 aliphatic carbocycles. The molecule has 2 aromatic rings. The highest BCUT2D eigenvalue weighted by Crippen LogP contribution is 2.26. The Bertz CT molecular complexity index is 788. The van der Waals surface area contributed by atoms with E-state index in [1.807, 2.05) is 44.1 Å².